The van der Waals surface area contributed by atoms with E-state index in [0.29, 0.717) is 23.7 Å². The van der Waals surface area contributed by atoms with Crippen LogP contribution in [0.15, 0.2) is 18.2 Å². The van der Waals surface area contributed by atoms with Gasteiger partial charge in [-0.1, -0.05) is 39.2 Å². The number of carbonyl (C=O) groups is 2. The van der Waals surface area contributed by atoms with Crippen LogP contribution in [-0.2, 0) is 9.59 Å². The second-order valence-electron chi connectivity index (χ2n) is 6.72. The van der Waals surface area contributed by atoms with Crippen LogP contribution in [0.25, 0.3) is 0 Å². The number of nitro groups is 1. The fourth-order valence-corrected chi connectivity index (χ4v) is 2.74. The molecule has 3 N–H and O–H groups in total. The number of hydrogen-bond acceptors (Lipinski definition) is 5. The van der Waals surface area contributed by atoms with Gasteiger partial charge in [-0.05, 0) is 31.4 Å². The second-order valence-corrected chi connectivity index (χ2v) is 6.72. The third kappa shape index (κ3) is 7.74. The molecular formula is C19H29N3O5. The number of nitro benzene ring substituents is 1. The zero-order chi connectivity index (χ0) is 20.4. The number of non-ortho nitro benzene ring substituents is 1. The molecular weight excluding hydrogens is 350 g/mol. The molecule has 27 heavy (non-hydrogen) atoms. The van der Waals surface area contributed by atoms with Gasteiger partial charge in [0.25, 0.3) is 5.69 Å². The Hall–Kier alpha value is -2.48. The van der Waals surface area contributed by atoms with Gasteiger partial charge in [-0.2, -0.15) is 0 Å². The molecule has 2 atom stereocenters. The highest BCUT2D eigenvalue weighted by Crippen LogP contribution is 2.22. The summed E-state index contributed by atoms with van der Waals surface area (Å²) in [5.74, 6) is -1.22. The van der Waals surface area contributed by atoms with E-state index in [-0.39, 0.29) is 12.1 Å². The molecule has 0 aliphatic carbocycles. The molecule has 0 radical (unpaired) electrons. The highest BCUT2D eigenvalue weighted by Gasteiger charge is 2.22. The van der Waals surface area contributed by atoms with E-state index in [0.717, 1.165) is 25.7 Å². The first-order valence-electron chi connectivity index (χ1n) is 9.29. The zero-order valence-electron chi connectivity index (χ0n) is 16.2. The normalized spacial score (nSPS) is 13.0. The number of amides is 1. The lowest BCUT2D eigenvalue weighted by molar-refractivity contribution is -0.384. The van der Waals surface area contributed by atoms with E-state index in [9.17, 15) is 24.8 Å². The van der Waals surface area contributed by atoms with E-state index < -0.39 is 22.8 Å². The van der Waals surface area contributed by atoms with Crippen LogP contribution in [0.3, 0.4) is 0 Å². The molecule has 0 saturated heterocycles. The maximum Gasteiger partial charge on any atom is 0.321 e. The van der Waals surface area contributed by atoms with Crippen LogP contribution in [0.5, 0.6) is 0 Å². The minimum atomic E-state index is -1.09. The van der Waals surface area contributed by atoms with Gasteiger partial charge in [-0.3, -0.25) is 19.7 Å². The van der Waals surface area contributed by atoms with E-state index in [4.69, 9.17) is 0 Å². The van der Waals surface area contributed by atoms with Gasteiger partial charge in [-0.25, -0.2) is 0 Å². The Labute approximate surface area is 159 Å². The Morgan fingerprint density at radius 3 is 2.56 bits per heavy atom. The number of aliphatic carboxylic acids is 1. The molecule has 0 spiro atoms. The van der Waals surface area contributed by atoms with E-state index in [1.807, 2.05) is 0 Å². The van der Waals surface area contributed by atoms with Crippen molar-refractivity contribution in [3.05, 3.63) is 33.9 Å². The zero-order valence-corrected chi connectivity index (χ0v) is 16.2. The average Bonchev–Trinajstić information content (AvgIpc) is 2.62. The van der Waals surface area contributed by atoms with Crippen molar-refractivity contribution in [3.8, 4) is 0 Å². The Bertz CT molecular complexity index is 663. The van der Waals surface area contributed by atoms with Crippen molar-refractivity contribution in [1.29, 1.82) is 0 Å². The van der Waals surface area contributed by atoms with E-state index in [1.54, 1.807) is 13.0 Å². The molecule has 2 unspecified atom stereocenters. The number of benzene rings is 1. The summed E-state index contributed by atoms with van der Waals surface area (Å²) in [4.78, 5) is 34.1. The van der Waals surface area contributed by atoms with Crippen molar-refractivity contribution >= 4 is 23.3 Å². The molecule has 0 heterocycles. The van der Waals surface area contributed by atoms with Gasteiger partial charge in [0.2, 0.25) is 5.91 Å². The molecule has 0 aliphatic rings. The van der Waals surface area contributed by atoms with Gasteiger partial charge in [0.15, 0.2) is 0 Å². The number of nitrogens with one attached hydrogen (secondary N) is 2. The van der Waals surface area contributed by atoms with Crippen LogP contribution in [0.2, 0.25) is 0 Å². The summed E-state index contributed by atoms with van der Waals surface area (Å²) in [6, 6.07) is 3.17. The standard InChI is InChI=1S/C19H29N3O5/c1-4-6-7-14(5-2)12-20-17(19(24)25)11-18(23)21-16-10-15(22(26)27)9-8-13(16)3/h8-10,14,17,20H,4-7,11-12H2,1-3H3,(H,21,23)(H,24,25). The SMILES string of the molecule is CCCCC(CC)CNC(CC(=O)Nc1cc([N+](=O)[O-])ccc1C)C(=O)O. The molecule has 8 heteroatoms. The van der Waals surface area contributed by atoms with Crippen molar-refractivity contribution in [2.24, 2.45) is 5.92 Å². The molecule has 8 nitrogen and oxygen atoms in total. The number of hydrogen-bond donors (Lipinski definition) is 3. The minimum absolute atomic E-state index is 0.134. The first-order chi connectivity index (χ1) is 12.8. The van der Waals surface area contributed by atoms with Crippen molar-refractivity contribution in [3.63, 3.8) is 0 Å². The van der Waals surface area contributed by atoms with E-state index in [1.165, 1.54) is 12.1 Å². The van der Waals surface area contributed by atoms with Crippen molar-refractivity contribution in [1.82, 2.24) is 5.32 Å². The quantitative estimate of drug-likeness (QED) is 0.377. The lowest BCUT2D eigenvalue weighted by atomic mass is 9.99. The molecule has 1 rings (SSSR count). The predicted molar refractivity (Wildman–Crippen MR) is 104 cm³/mol. The first kappa shape index (κ1) is 22.6. The van der Waals surface area contributed by atoms with Crippen LogP contribution in [0, 0.1) is 23.0 Å². The van der Waals surface area contributed by atoms with Crippen LogP contribution in [-0.4, -0.2) is 34.5 Å². The van der Waals surface area contributed by atoms with Crippen molar-refractivity contribution in [2.45, 2.75) is 58.9 Å². The second kappa shape index (κ2) is 11.3. The number of rotatable bonds is 12. The minimum Gasteiger partial charge on any atom is -0.480 e. The Morgan fingerprint density at radius 1 is 1.30 bits per heavy atom. The molecule has 0 saturated carbocycles. The van der Waals surface area contributed by atoms with Crippen LogP contribution in [0.1, 0.15) is 51.5 Å². The van der Waals surface area contributed by atoms with Gasteiger partial charge in [0, 0.05) is 12.1 Å². The smallest absolute Gasteiger partial charge is 0.321 e. The number of unbranched alkanes of at least 4 members (excludes halogenated alkanes) is 1. The van der Waals surface area contributed by atoms with Gasteiger partial charge in [-0.15, -0.1) is 0 Å². The van der Waals surface area contributed by atoms with E-state index in [2.05, 4.69) is 24.5 Å². The molecule has 1 aromatic rings. The third-order valence-electron chi connectivity index (χ3n) is 4.59. The molecule has 0 fully saturated rings. The van der Waals surface area contributed by atoms with Crippen LogP contribution < -0.4 is 10.6 Å². The summed E-state index contributed by atoms with van der Waals surface area (Å²) in [7, 11) is 0. The Kier molecular flexibility index (Phi) is 9.42. The van der Waals surface area contributed by atoms with Gasteiger partial charge in [0.05, 0.1) is 17.0 Å². The summed E-state index contributed by atoms with van der Waals surface area (Å²) in [6.07, 6.45) is 3.89. The fourth-order valence-electron chi connectivity index (χ4n) is 2.74. The van der Waals surface area contributed by atoms with Crippen molar-refractivity contribution < 1.29 is 19.6 Å². The summed E-state index contributed by atoms with van der Waals surface area (Å²) in [5, 5.41) is 25.8. The predicted octanol–water partition coefficient (Wildman–Crippen LogP) is 3.49. The highest BCUT2D eigenvalue weighted by atomic mass is 16.6. The average molecular weight is 379 g/mol. The Balaban J connectivity index is 2.69. The monoisotopic (exact) mass is 379 g/mol. The number of carboxylic acids is 1. The third-order valence-corrected chi connectivity index (χ3v) is 4.59. The molecule has 150 valence electrons. The largest absolute Gasteiger partial charge is 0.480 e. The van der Waals surface area contributed by atoms with Gasteiger partial charge >= 0.3 is 5.97 Å². The number of carbonyl (C=O) groups excluding carboxylic acids is 1. The summed E-state index contributed by atoms with van der Waals surface area (Å²) < 4.78 is 0. The highest BCUT2D eigenvalue weighted by molar-refractivity contribution is 5.94. The molecule has 1 amide bonds. The molecule has 0 aliphatic heterocycles. The summed E-state index contributed by atoms with van der Waals surface area (Å²) >= 11 is 0. The van der Waals surface area contributed by atoms with E-state index >= 15 is 0 Å². The first-order valence-corrected chi connectivity index (χ1v) is 9.29. The van der Waals surface area contributed by atoms with Crippen LogP contribution in [0.4, 0.5) is 11.4 Å². The van der Waals surface area contributed by atoms with Crippen molar-refractivity contribution in [2.75, 3.05) is 11.9 Å². The number of nitrogens with zero attached hydrogens (tertiary/aromatic N) is 1. The fraction of sp³-hybridized carbons (Fsp3) is 0.579. The lowest BCUT2D eigenvalue weighted by Crippen LogP contribution is -2.42. The number of aryl methyl sites for hydroxylation is 1. The van der Waals surface area contributed by atoms with Gasteiger partial charge in [0.1, 0.15) is 6.04 Å². The maximum absolute atomic E-state index is 12.3. The lowest BCUT2D eigenvalue weighted by Gasteiger charge is -2.19. The topological polar surface area (TPSA) is 122 Å². The van der Waals surface area contributed by atoms with Gasteiger partial charge < -0.3 is 15.7 Å². The number of anilines is 1. The molecule has 1 aromatic carbocycles. The summed E-state index contributed by atoms with van der Waals surface area (Å²) in [6.45, 7) is 6.43. The van der Waals surface area contributed by atoms with Crippen LogP contribution >= 0.6 is 0 Å². The summed E-state index contributed by atoms with van der Waals surface area (Å²) in [5.41, 5.74) is 0.845. The Morgan fingerprint density at radius 2 is 2.00 bits per heavy atom. The molecule has 0 aromatic heterocycles. The molecule has 0 bridgehead atoms. The number of carboxylic acid groups (broad SMARTS) is 1. The maximum atomic E-state index is 12.3.